The van der Waals surface area contributed by atoms with E-state index in [0.717, 1.165) is 16.3 Å². The minimum atomic E-state index is -0.795. The molecule has 2 aromatic rings. The second kappa shape index (κ2) is 9.84. The molecule has 1 aliphatic rings. The Bertz CT molecular complexity index is 874. The zero-order chi connectivity index (χ0) is 20.8. The van der Waals surface area contributed by atoms with Gasteiger partial charge in [0.25, 0.3) is 0 Å². The minimum absolute atomic E-state index is 0.0847. The van der Waals surface area contributed by atoms with E-state index in [9.17, 15) is 9.59 Å². The van der Waals surface area contributed by atoms with Crippen LogP contribution in [0.5, 0.6) is 5.75 Å². The molecule has 2 heterocycles. The smallest absolute Gasteiger partial charge is 0.333 e. The molecular weight excluding hydrogens is 408 g/mol. The van der Waals surface area contributed by atoms with Crippen LogP contribution in [0.25, 0.3) is 0 Å². The van der Waals surface area contributed by atoms with Gasteiger partial charge in [0.1, 0.15) is 17.4 Å². The van der Waals surface area contributed by atoms with Gasteiger partial charge >= 0.3 is 5.97 Å². The molecule has 0 saturated carbocycles. The van der Waals surface area contributed by atoms with Gasteiger partial charge in [-0.15, -0.1) is 0 Å². The molecule has 152 valence electrons. The van der Waals surface area contributed by atoms with Crippen molar-refractivity contribution in [2.24, 2.45) is 0 Å². The zero-order valence-corrected chi connectivity index (χ0v) is 17.9. The maximum Gasteiger partial charge on any atom is 0.333 e. The van der Waals surface area contributed by atoms with Gasteiger partial charge in [-0.2, -0.15) is 0 Å². The largest absolute Gasteiger partial charge is 0.497 e. The van der Waals surface area contributed by atoms with Crippen molar-refractivity contribution in [1.82, 2.24) is 9.88 Å². The van der Waals surface area contributed by atoms with E-state index in [4.69, 9.17) is 9.47 Å². The van der Waals surface area contributed by atoms with E-state index >= 15 is 0 Å². The summed E-state index contributed by atoms with van der Waals surface area (Å²) in [5, 5.41) is 0.718. The molecule has 0 bridgehead atoms. The summed E-state index contributed by atoms with van der Waals surface area (Å²) in [5.74, 6) is 0.171. The van der Waals surface area contributed by atoms with Crippen LogP contribution in [-0.4, -0.2) is 40.3 Å². The highest BCUT2D eigenvalue weighted by Gasteiger charge is 2.45. The highest BCUT2D eigenvalue weighted by Crippen LogP contribution is 2.42. The summed E-state index contributed by atoms with van der Waals surface area (Å²) in [5.41, 5.74) is 1.41. The molecule has 2 atom stereocenters. The number of hydrogen-bond acceptors (Lipinski definition) is 7. The van der Waals surface area contributed by atoms with E-state index in [1.54, 1.807) is 37.3 Å². The Morgan fingerprint density at radius 3 is 2.66 bits per heavy atom. The van der Waals surface area contributed by atoms with Crippen molar-refractivity contribution in [2.75, 3.05) is 7.11 Å². The van der Waals surface area contributed by atoms with Crippen LogP contribution in [0.1, 0.15) is 18.9 Å². The fraction of sp³-hybridized carbons (Fsp3) is 0.286. The Morgan fingerprint density at radius 2 is 2.07 bits per heavy atom. The lowest BCUT2D eigenvalue weighted by molar-refractivity contribution is -0.160. The Hall–Kier alpha value is -2.45. The fourth-order valence-corrected chi connectivity index (χ4v) is 5.20. The summed E-state index contributed by atoms with van der Waals surface area (Å²) in [7, 11) is 4.58. The van der Waals surface area contributed by atoms with Crippen LogP contribution in [0.4, 0.5) is 0 Å². The van der Waals surface area contributed by atoms with Crippen molar-refractivity contribution in [1.29, 1.82) is 0 Å². The quantitative estimate of drug-likeness (QED) is 0.257. The second-order valence-corrected chi connectivity index (χ2v) is 8.91. The molecule has 1 aromatic carbocycles. The Kier molecular flexibility index (Phi) is 7.22. The van der Waals surface area contributed by atoms with Crippen LogP contribution in [0, 0.1) is 0 Å². The fourth-order valence-electron chi connectivity index (χ4n) is 2.80. The molecule has 0 spiro atoms. The number of pyridine rings is 1. The molecular formula is C21H22N2O4S2. The summed E-state index contributed by atoms with van der Waals surface area (Å²) >= 11 is 0. The lowest BCUT2D eigenvalue weighted by atomic mass is 10.0. The lowest BCUT2D eigenvalue weighted by Crippen LogP contribution is -2.58. The van der Waals surface area contributed by atoms with Crippen molar-refractivity contribution in [3.63, 3.8) is 0 Å². The lowest BCUT2D eigenvalue weighted by Gasteiger charge is -2.43. The number of esters is 1. The maximum atomic E-state index is 12.8. The molecule has 3 rings (SSSR count). The van der Waals surface area contributed by atoms with Gasteiger partial charge in [0.2, 0.25) is 5.91 Å². The highest BCUT2D eigenvalue weighted by molar-refractivity contribution is 8.76. The number of hydrogen-bond donors (Lipinski definition) is 0. The third-order valence-electron chi connectivity index (χ3n) is 4.34. The van der Waals surface area contributed by atoms with Crippen molar-refractivity contribution in [2.45, 2.75) is 36.4 Å². The average molecular weight is 431 g/mol. The van der Waals surface area contributed by atoms with Crippen molar-refractivity contribution in [3.8, 4) is 5.75 Å². The van der Waals surface area contributed by atoms with E-state index in [1.165, 1.54) is 21.6 Å². The summed E-state index contributed by atoms with van der Waals surface area (Å²) in [6, 6.07) is 12.1. The molecule has 0 radical (unpaired) electrons. The Morgan fingerprint density at radius 1 is 1.31 bits per heavy atom. The number of amides is 1. The van der Waals surface area contributed by atoms with E-state index in [0.29, 0.717) is 12.0 Å². The first-order valence-electron chi connectivity index (χ1n) is 9.00. The average Bonchev–Trinajstić information content (AvgIpc) is 2.73. The number of carbonyl (C=O) groups is 2. The zero-order valence-electron chi connectivity index (χ0n) is 16.2. The summed E-state index contributed by atoms with van der Waals surface area (Å²) < 4.78 is 10.6. The molecule has 2 unspecified atom stereocenters. The highest BCUT2D eigenvalue weighted by atomic mass is 33.1. The van der Waals surface area contributed by atoms with Crippen LogP contribution in [0.15, 0.2) is 65.8 Å². The number of methoxy groups -OCH3 is 1. The molecule has 1 aliphatic heterocycles. The van der Waals surface area contributed by atoms with Crippen LogP contribution >= 0.6 is 21.6 Å². The molecule has 0 aliphatic carbocycles. The van der Waals surface area contributed by atoms with Gasteiger partial charge in [0.05, 0.1) is 18.9 Å². The number of β-lactam (4-membered cyclic amide) rings is 1. The molecule has 0 N–H and O–H groups in total. The third-order valence-corrected chi connectivity index (χ3v) is 6.93. The number of carbonyl (C=O) groups excluding carboxylic acids is 2. The number of benzene rings is 1. The number of likely N-dealkylation sites (tertiary alicyclic amines) is 1. The minimum Gasteiger partial charge on any atom is -0.497 e. The molecule has 8 heteroatoms. The van der Waals surface area contributed by atoms with Crippen molar-refractivity contribution >= 4 is 33.5 Å². The van der Waals surface area contributed by atoms with Crippen LogP contribution < -0.4 is 4.74 Å². The van der Waals surface area contributed by atoms with Crippen LogP contribution in [0.2, 0.25) is 0 Å². The van der Waals surface area contributed by atoms with E-state index in [1.807, 2.05) is 30.3 Å². The van der Waals surface area contributed by atoms with Gasteiger partial charge in [-0.25, -0.2) is 9.78 Å². The standard InChI is InChI=1S/C21H22N2O4S2/c1-14(2)20(21(25)27-13-15-7-9-16(26-3)10-8-15)23-18(24)12-19(23)29-28-17-6-4-5-11-22-17/h4-11,19-20H,1,12-13H2,2-3H3. The van der Waals surface area contributed by atoms with E-state index < -0.39 is 12.0 Å². The summed E-state index contributed by atoms with van der Waals surface area (Å²) in [6.45, 7) is 5.76. The van der Waals surface area contributed by atoms with E-state index in [2.05, 4.69) is 11.6 Å². The first-order valence-corrected chi connectivity index (χ1v) is 11.2. The van der Waals surface area contributed by atoms with Gasteiger partial charge < -0.3 is 14.4 Å². The predicted molar refractivity (Wildman–Crippen MR) is 114 cm³/mol. The normalized spacial score (nSPS) is 16.7. The maximum absolute atomic E-state index is 12.8. The Balaban J connectivity index is 1.61. The Labute approximate surface area is 178 Å². The van der Waals surface area contributed by atoms with Crippen molar-refractivity contribution in [3.05, 3.63) is 66.4 Å². The van der Waals surface area contributed by atoms with Crippen LogP contribution in [0.3, 0.4) is 0 Å². The molecule has 1 saturated heterocycles. The van der Waals surface area contributed by atoms with Gasteiger partial charge in [-0.3, -0.25) is 4.79 Å². The molecule has 1 aromatic heterocycles. The molecule has 29 heavy (non-hydrogen) atoms. The van der Waals surface area contributed by atoms with Crippen LogP contribution in [-0.2, 0) is 20.9 Å². The topological polar surface area (TPSA) is 68.7 Å². The first-order chi connectivity index (χ1) is 14.0. The number of ether oxygens (including phenoxy) is 2. The van der Waals surface area contributed by atoms with E-state index in [-0.39, 0.29) is 17.9 Å². The molecule has 6 nitrogen and oxygen atoms in total. The second-order valence-electron chi connectivity index (χ2n) is 6.51. The van der Waals surface area contributed by atoms with Crippen molar-refractivity contribution < 1.29 is 19.1 Å². The molecule has 1 fully saturated rings. The third kappa shape index (κ3) is 5.33. The predicted octanol–water partition coefficient (Wildman–Crippen LogP) is 4.08. The number of aromatic nitrogens is 1. The SMILES string of the molecule is C=C(C)C(C(=O)OCc1ccc(OC)cc1)N1C(=O)CC1SSc1ccccn1. The summed E-state index contributed by atoms with van der Waals surface area (Å²) in [6.07, 6.45) is 2.10. The number of nitrogens with zero attached hydrogens (tertiary/aromatic N) is 2. The van der Waals surface area contributed by atoms with Gasteiger partial charge in [-0.1, -0.05) is 35.6 Å². The van der Waals surface area contributed by atoms with Gasteiger partial charge in [0, 0.05) is 6.20 Å². The monoisotopic (exact) mass is 430 g/mol. The first kappa shape index (κ1) is 21.3. The van der Waals surface area contributed by atoms with Gasteiger partial charge in [0.15, 0.2) is 6.04 Å². The molecule has 1 amide bonds. The number of rotatable bonds is 9. The van der Waals surface area contributed by atoms with Gasteiger partial charge in [-0.05, 0) is 53.1 Å². The summed E-state index contributed by atoms with van der Waals surface area (Å²) in [4.78, 5) is 30.8.